The van der Waals surface area contributed by atoms with Gasteiger partial charge in [-0.1, -0.05) is 6.07 Å². The Labute approximate surface area is 80.2 Å². The Morgan fingerprint density at radius 3 is 3.14 bits per heavy atom. The summed E-state index contributed by atoms with van der Waals surface area (Å²) in [6.07, 6.45) is 1.04. The van der Waals surface area contributed by atoms with Gasteiger partial charge in [0.2, 0.25) is 0 Å². The van der Waals surface area contributed by atoms with Gasteiger partial charge in [0.15, 0.2) is 12.1 Å². The van der Waals surface area contributed by atoms with Crippen molar-refractivity contribution >= 4 is 17.3 Å². The molecule has 2 aromatic rings. The maximum Gasteiger partial charge on any atom is 0.185 e. The van der Waals surface area contributed by atoms with Crippen molar-refractivity contribution in [3.63, 3.8) is 0 Å². The lowest BCUT2D eigenvalue weighted by molar-refractivity contribution is 0.111. The van der Waals surface area contributed by atoms with Crippen molar-refractivity contribution in [3.05, 3.63) is 29.6 Å². The molecular formula is C10H7N3O. The topological polar surface area (TPSA) is 69.5 Å². The third-order valence-corrected chi connectivity index (χ3v) is 1.96. The van der Waals surface area contributed by atoms with Gasteiger partial charge in [-0.25, -0.2) is 4.98 Å². The smallest absolute Gasteiger partial charge is 0.185 e. The molecule has 1 heterocycles. The highest BCUT2D eigenvalue weighted by Crippen LogP contribution is 2.13. The van der Waals surface area contributed by atoms with Gasteiger partial charge in [0.05, 0.1) is 23.5 Å². The first-order valence-corrected chi connectivity index (χ1v) is 4.14. The molecule has 0 aliphatic heterocycles. The summed E-state index contributed by atoms with van der Waals surface area (Å²) in [5.74, 6) is 0.314. The van der Waals surface area contributed by atoms with Crippen LogP contribution in [0.3, 0.4) is 0 Å². The number of aromatic amines is 1. The summed E-state index contributed by atoms with van der Waals surface area (Å²) in [6, 6.07) is 7.53. The van der Waals surface area contributed by atoms with Crippen molar-refractivity contribution in [2.24, 2.45) is 0 Å². The molecule has 0 aliphatic carbocycles. The van der Waals surface area contributed by atoms with Gasteiger partial charge in [-0.15, -0.1) is 0 Å². The molecule has 0 aliphatic rings. The van der Waals surface area contributed by atoms with E-state index in [1.54, 1.807) is 6.07 Å². The first-order valence-electron chi connectivity index (χ1n) is 4.14. The van der Waals surface area contributed by atoms with E-state index in [2.05, 4.69) is 16.0 Å². The third-order valence-electron chi connectivity index (χ3n) is 1.96. The second-order valence-corrected chi connectivity index (χ2v) is 2.93. The standard InChI is InChI=1S/C10H7N3O/c11-4-3-7-1-2-8-9(5-7)13-10(6-14)12-8/h1-2,5-6H,3H2,(H,12,13). The van der Waals surface area contributed by atoms with Crippen LogP contribution in [-0.2, 0) is 6.42 Å². The normalized spacial score (nSPS) is 9.93. The summed E-state index contributed by atoms with van der Waals surface area (Å²) in [5, 5.41) is 8.51. The molecular weight excluding hydrogens is 178 g/mol. The van der Waals surface area contributed by atoms with Crippen molar-refractivity contribution < 1.29 is 4.79 Å². The molecule has 68 valence electrons. The average molecular weight is 185 g/mol. The van der Waals surface area contributed by atoms with E-state index >= 15 is 0 Å². The second kappa shape index (κ2) is 3.30. The zero-order valence-corrected chi connectivity index (χ0v) is 7.32. The lowest BCUT2D eigenvalue weighted by Crippen LogP contribution is -1.80. The predicted octanol–water partition coefficient (Wildman–Crippen LogP) is 1.44. The number of carbonyl (C=O) groups excluding carboxylic acids is 1. The molecule has 0 saturated carbocycles. The number of aromatic nitrogens is 2. The van der Waals surface area contributed by atoms with E-state index in [0.29, 0.717) is 18.5 Å². The van der Waals surface area contributed by atoms with Gasteiger partial charge in [0.25, 0.3) is 0 Å². The highest BCUT2D eigenvalue weighted by molar-refractivity contribution is 5.82. The van der Waals surface area contributed by atoms with Gasteiger partial charge in [0.1, 0.15) is 0 Å². The number of carbonyl (C=O) groups is 1. The Morgan fingerprint density at radius 2 is 2.43 bits per heavy atom. The van der Waals surface area contributed by atoms with Crippen molar-refractivity contribution in [3.8, 4) is 6.07 Å². The Morgan fingerprint density at radius 1 is 1.57 bits per heavy atom. The van der Waals surface area contributed by atoms with Gasteiger partial charge in [-0.2, -0.15) is 5.26 Å². The number of H-pyrrole nitrogens is 1. The fourth-order valence-electron chi connectivity index (χ4n) is 1.33. The lowest BCUT2D eigenvalue weighted by atomic mass is 10.1. The van der Waals surface area contributed by atoms with E-state index in [-0.39, 0.29) is 0 Å². The van der Waals surface area contributed by atoms with Crippen LogP contribution in [0.1, 0.15) is 16.2 Å². The predicted molar refractivity (Wildman–Crippen MR) is 50.8 cm³/mol. The number of aldehydes is 1. The summed E-state index contributed by atoms with van der Waals surface area (Å²) in [5.41, 5.74) is 2.45. The average Bonchev–Trinajstić information content (AvgIpc) is 2.60. The maximum atomic E-state index is 10.4. The van der Waals surface area contributed by atoms with Crippen LogP contribution in [0.15, 0.2) is 18.2 Å². The number of hydrogen-bond acceptors (Lipinski definition) is 3. The molecule has 0 amide bonds. The van der Waals surface area contributed by atoms with Gasteiger partial charge >= 0.3 is 0 Å². The highest BCUT2D eigenvalue weighted by Gasteiger charge is 2.01. The van der Waals surface area contributed by atoms with E-state index in [1.807, 2.05) is 12.1 Å². The number of hydrogen-bond donors (Lipinski definition) is 1. The van der Waals surface area contributed by atoms with E-state index in [9.17, 15) is 4.79 Å². The monoisotopic (exact) mass is 185 g/mol. The number of rotatable bonds is 2. The molecule has 0 atom stereocenters. The molecule has 1 aromatic carbocycles. The Bertz CT molecular complexity index is 522. The Hall–Kier alpha value is -2.15. The summed E-state index contributed by atoms with van der Waals surface area (Å²) in [7, 11) is 0. The number of imidazole rings is 1. The molecule has 0 fully saturated rings. The minimum atomic E-state index is 0.314. The highest BCUT2D eigenvalue weighted by atomic mass is 16.1. The first-order chi connectivity index (χ1) is 6.83. The molecule has 0 spiro atoms. The summed E-state index contributed by atoms with van der Waals surface area (Å²) in [4.78, 5) is 17.3. The summed E-state index contributed by atoms with van der Waals surface area (Å²) < 4.78 is 0. The van der Waals surface area contributed by atoms with Gasteiger partial charge in [0, 0.05) is 0 Å². The fraction of sp³-hybridized carbons (Fsp3) is 0.100. The summed E-state index contributed by atoms with van der Waals surface area (Å²) in [6.45, 7) is 0. The van der Waals surface area contributed by atoms with Crippen LogP contribution >= 0.6 is 0 Å². The van der Waals surface area contributed by atoms with Crippen LogP contribution < -0.4 is 0 Å². The molecule has 4 heteroatoms. The molecule has 0 saturated heterocycles. The molecule has 4 nitrogen and oxygen atoms in total. The SMILES string of the molecule is N#CCc1ccc2nc(C=O)[nH]c2c1. The molecule has 0 unspecified atom stereocenters. The minimum absolute atomic E-state index is 0.314. The fourth-order valence-corrected chi connectivity index (χ4v) is 1.33. The number of fused-ring (bicyclic) bond motifs is 1. The van der Waals surface area contributed by atoms with Crippen LogP contribution in [-0.4, -0.2) is 16.3 Å². The molecule has 0 bridgehead atoms. The van der Waals surface area contributed by atoms with Gasteiger partial charge in [-0.3, -0.25) is 4.79 Å². The van der Waals surface area contributed by atoms with Crippen molar-refractivity contribution in [2.45, 2.75) is 6.42 Å². The Balaban J connectivity index is 2.54. The molecule has 1 aromatic heterocycles. The van der Waals surface area contributed by atoms with E-state index < -0.39 is 0 Å². The Kier molecular flexibility index (Phi) is 1.99. The van der Waals surface area contributed by atoms with E-state index in [4.69, 9.17) is 5.26 Å². The summed E-state index contributed by atoms with van der Waals surface area (Å²) >= 11 is 0. The van der Waals surface area contributed by atoms with Crippen LogP contribution in [0.2, 0.25) is 0 Å². The maximum absolute atomic E-state index is 10.4. The molecule has 14 heavy (non-hydrogen) atoms. The van der Waals surface area contributed by atoms with Gasteiger partial charge < -0.3 is 4.98 Å². The van der Waals surface area contributed by atoms with Crippen molar-refractivity contribution in [1.29, 1.82) is 5.26 Å². The largest absolute Gasteiger partial charge is 0.336 e. The number of nitriles is 1. The minimum Gasteiger partial charge on any atom is -0.336 e. The third kappa shape index (κ3) is 1.36. The first kappa shape index (κ1) is 8.45. The lowest BCUT2D eigenvalue weighted by Gasteiger charge is -1.92. The zero-order chi connectivity index (χ0) is 9.97. The quantitative estimate of drug-likeness (QED) is 0.719. The van der Waals surface area contributed by atoms with Crippen LogP contribution in [0.25, 0.3) is 11.0 Å². The zero-order valence-electron chi connectivity index (χ0n) is 7.32. The van der Waals surface area contributed by atoms with Crippen LogP contribution in [0.4, 0.5) is 0 Å². The van der Waals surface area contributed by atoms with Gasteiger partial charge in [-0.05, 0) is 17.7 Å². The molecule has 0 radical (unpaired) electrons. The number of benzene rings is 1. The van der Waals surface area contributed by atoms with Crippen LogP contribution in [0, 0.1) is 11.3 Å². The van der Waals surface area contributed by atoms with Crippen molar-refractivity contribution in [2.75, 3.05) is 0 Å². The number of nitrogens with zero attached hydrogens (tertiary/aromatic N) is 2. The van der Waals surface area contributed by atoms with E-state index in [0.717, 1.165) is 16.6 Å². The number of nitrogens with one attached hydrogen (secondary N) is 1. The van der Waals surface area contributed by atoms with Crippen molar-refractivity contribution in [1.82, 2.24) is 9.97 Å². The van der Waals surface area contributed by atoms with Crippen LogP contribution in [0.5, 0.6) is 0 Å². The van der Waals surface area contributed by atoms with E-state index in [1.165, 1.54) is 0 Å². The molecule has 2 rings (SSSR count). The molecule has 1 N–H and O–H groups in total. The second-order valence-electron chi connectivity index (χ2n) is 2.93.